The van der Waals surface area contributed by atoms with Gasteiger partial charge in [0.25, 0.3) is 0 Å². The molecule has 0 bridgehead atoms. The fourth-order valence-corrected chi connectivity index (χ4v) is 2.24. The second kappa shape index (κ2) is 9.13. The number of hydrogen-bond donors (Lipinski definition) is 3. The van der Waals surface area contributed by atoms with E-state index < -0.39 is 24.1 Å². The van der Waals surface area contributed by atoms with Crippen LogP contribution in [-0.4, -0.2) is 40.1 Å². The van der Waals surface area contributed by atoms with Crippen molar-refractivity contribution in [2.45, 2.75) is 26.0 Å². The predicted molar refractivity (Wildman–Crippen MR) is 103 cm³/mol. The minimum atomic E-state index is -2.25. The average Bonchev–Trinajstić information content (AvgIpc) is 2.68. The zero-order valence-corrected chi connectivity index (χ0v) is 15.9. The lowest BCUT2D eigenvalue weighted by Crippen LogP contribution is -2.56. The number of ether oxygens (including phenoxy) is 2. The molecule has 8 heteroatoms. The normalized spacial score (nSPS) is 13.6. The maximum Gasteiger partial charge on any atom is 0.357 e. The first-order valence-corrected chi connectivity index (χ1v) is 8.56. The largest absolute Gasteiger partial charge is 0.478 e. The van der Waals surface area contributed by atoms with Crippen LogP contribution in [0.1, 0.15) is 29.8 Å². The summed E-state index contributed by atoms with van der Waals surface area (Å²) in [6.07, 6.45) is 0. The molecule has 0 spiro atoms. The van der Waals surface area contributed by atoms with E-state index in [1.807, 2.05) is 0 Å². The highest BCUT2D eigenvalue weighted by Gasteiger charge is 2.39. The Morgan fingerprint density at radius 2 is 1.59 bits per heavy atom. The van der Waals surface area contributed by atoms with E-state index in [1.165, 1.54) is 31.2 Å². The topological polar surface area (TPSA) is 122 Å². The Labute approximate surface area is 167 Å². The van der Waals surface area contributed by atoms with Gasteiger partial charge in [0.1, 0.15) is 5.75 Å². The van der Waals surface area contributed by atoms with Gasteiger partial charge >= 0.3 is 12.4 Å². The number of carbonyl (C=O) groups is 3. The molecule has 8 nitrogen and oxygen atoms in total. The van der Waals surface area contributed by atoms with Crippen LogP contribution in [0.3, 0.4) is 0 Å². The monoisotopic (exact) mass is 399 g/mol. The summed E-state index contributed by atoms with van der Waals surface area (Å²) in [5, 5.41) is 21.4. The van der Waals surface area contributed by atoms with Crippen LogP contribution in [0.25, 0.3) is 0 Å². The molecule has 0 heterocycles. The van der Waals surface area contributed by atoms with Crippen LogP contribution in [-0.2, 0) is 14.3 Å². The summed E-state index contributed by atoms with van der Waals surface area (Å²) in [6.45, 7) is 3.84. The Hall–Kier alpha value is -3.49. The van der Waals surface area contributed by atoms with Crippen molar-refractivity contribution in [1.82, 2.24) is 5.32 Å². The standard InChI is InChI=1S/C21H21NO7/c1-13(2)18(24)22-21(3,19(25)26)29-20(27)28-16-11-9-15(10-12-16)17(23)14-7-5-4-6-8-14/h4-12,20,27H,1H2,2-3H3,(H,22,24)(H,25,26). The van der Waals surface area contributed by atoms with Crippen LogP contribution >= 0.6 is 0 Å². The summed E-state index contributed by atoms with van der Waals surface area (Å²) < 4.78 is 10.1. The van der Waals surface area contributed by atoms with Crippen molar-refractivity contribution in [3.05, 3.63) is 77.9 Å². The summed E-state index contributed by atoms with van der Waals surface area (Å²) in [5.74, 6) is -2.36. The van der Waals surface area contributed by atoms with Crippen LogP contribution in [0.5, 0.6) is 5.75 Å². The fourth-order valence-electron chi connectivity index (χ4n) is 2.24. The van der Waals surface area contributed by atoms with E-state index in [9.17, 15) is 24.6 Å². The minimum absolute atomic E-state index is 0.0650. The molecule has 2 atom stereocenters. The molecule has 29 heavy (non-hydrogen) atoms. The Bertz CT molecular complexity index is 908. The van der Waals surface area contributed by atoms with E-state index >= 15 is 0 Å². The highest BCUT2D eigenvalue weighted by atomic mass is 16.8. The van der Waals surface area contributed by atoms with E-state index in [0.29, 0.717) is 11.1 Å². The van der Waals surface area contributed by atoms with Gasteiger partial charge in [0.05, 0.1) is 0 Å². The highest BCUT2D eigenvalue weighted by Crippen LogP contribution is 2.18. The lowest BCUT2D eigenvalue weighted by atomic mass is 10.0. The molecule has 3 N–H and O–H groups in total. The highest BCUT2D eigenvalue weighted by molar-refractivity contribution is 6.09. The molecule has 0 aromatic heterocycles. The molecular formula is C21H21NO7. The molecule has 1 amide bonds. The lowest BCUT2D eigenvalue weighted by Gasteiger charge is -2.28. The smallest absolute Gasteiger partial charge is 0.357 e. The van der Waals surface area contributed by atoms with E-state index in [0.717, 1.165) is 6.92 Å². The van der Waals surface area contributed by atoms with E-state index in [1.54, 1.807) is 30.3 Å². The number of nitrogens with one attached hydrogen (secondary N) is 1. The number of aliphatic carboxylic acids is 1. The number of rotatable bonds is 9. The third-order valence-electron chi connectivity index (χ3n) is 3.87. The molecule has 2 rings (SSSR count). The van der Waals surface area contributed by atoms with Gasteiger partial charge in [-0.1, -0.05) is 36.9 Å². The number of aliphatic hydroxyl groups excluding tert-OH is 1. The first kappa shape index (κ1) is 21.8. The molecule has 2 aromatic rings. The van der Waals surface area contributed by atoms with Crippen molar-refractivity contribution >= 4 is 17.7 Å². The second-order valence-electron chi connectivity index (χ2n) is 6.34. The molecule has 0 aliphatic carbocycles. The molecule has 0 aliphatic rings. The summed E-state index contributed by atoms with van der Waals surface area (Å²) in [5.41, 5.74) is -1.26. The van der Waals surface area contributed by atoms with Gasteiger partial charge < -0.3 is 20.3 Å². The third kappa shape index (κ3) is 5.74. The molecule has 2 unspecified atom stereocenters. The van der Waals surface area contributed by atoms with Crippen molar-refractivity contribution in [3.8, 4) is 5.75 Å². The third-order valence-corrected chi connectivity index (χ3v) is 3.87. The second-order valence-corrected chi connectivity index (χ2v) is 6.34. The van der Waals surface area contributed by atoms with Gasteiger partial charge in [-0.3, -0.25) is 14.3 Å². The Kier molecular flexibility index (Phi) is 6.87. The summed E-state index contributed by atoms with van der Waals surface area (Å²) in [4.78, 5) is 35.5. The first-order valence-electron chi connectivity index (χ1n) is 8.56. The molecule has 0 saturated carbocycles. The number of carbonyl (C=O) groups excluding carboxylic acids is 2. The van der Waals surface area contributed by atoms with Crippen molar-refractivity contribution in [1.29, 1.82) is 0 Å². The van der Waals surface area contributed by atoms with Gasteiger partial charge in [0.2, 0.25) is 11.6 Å². The van der Waals surface area contributed by atoms with Crippen molar-refractivity contribution < 1.29 is 34.1 Å². The molecule has 152 valence electrons. The number of amides is 1. The van der Waals surface area contributed by atoms with Gasteiger partial charge in [-0.05, 0) is 38.1 Å². The molecule has 0 radical (unpaired) electrons. The Balaban J connectivity index is 2.05. The lowest BCUT2D eigenvalue weighted by molar-refractivity contribution is -0.273. The van der Waals surface area contributed by atoms with Gasteiger partial charge in [-0.15, -0.1) is 0 Å². The molecule has 2 aromatic carbocycles. The van der Waals surface area contributed by atoms with Crippen LogP contribution in [0, 0.1) is 0 Å². The van der Waals surface area contributed by atoms with Crippen LogP contribution in [0.15, 0.2) is 66.7 Å². The van der Waals surface area contributed by atoms with Gasteiger partial charge in [0, 0.05) is 16.7 Å². The number of carboxylic acid groups (broad SMARTS) is 1. The van der Waals surface area contributed by atoms with E-state index in [2.05, 4.69) is 11.9 Å². The van der Waals surface area contributed by atoms with Crippen molar-refractivity contribution in [2.75, 3.05) is 0 Å². The quantitative estimate of drug-likeness (QED) is 0.335. The maximum atomic E-state index is 12.4. The van der Waals surface area contributed by atoms with E-state index in [4.69, 9.17) is 9.47 Å². The number of carboxylic acids is 1. The number of ketones is 1. The zero-order valence-electron chi connectivity index (χ0n) is 15.9. The Morgan fingerprint density at radius 1 is 1.03 bits per heavy atom. The van der Waals surface area contributed by atoms with E-state index in [-0.39, 0.29) is 17.1 Å². The van der Waals surface area contributed by atoms with Gasteiger partial charge in [0.15, 0.2) is 5.78 Å². The maximum absolute atomic E-state index is 12.4. The van der Waals surface area contributed by atoms with Crippen LogP contribution in [0.2, 0.25) is 0 Å². The number of hydrogen-bond acceptors (Lipinski definition) is 6. The number of benzene rings is 2. The summed E-state index contributed by atoms with van der Waals surface area (Å²) in [7, 11) is 0. The average molecular weight is 399 g/mol. The van der Waals surface area contributed by atoms with Gasteiger partial charge in [-0.25, -0.2) is 4.79 Å². The molecule has 0 saturated heterocycles. The molecular weight excluding hydrogens is 378 g/mol. The van der Waals surface area contributed by atoms with Crippen LogP contribution < -0.4 is 10.1 Å². The summed E-state index contributed by atoms with van der Waals surface area (Å²) in [6, 6.07) is 14.5. The van der Waals surface area contributed by atoms with Crippen LogP contribution in [0.4, 0.5) is 0 Å². The fraction of sp³-hybridized carbons (Fsp3) is 0.190. The van der Waals surface area contributed by atoms with Crippen molar-refractivity contribution in [3.63, 3.8) is 0 Å². The number of aliphatic hydroxyl groups is 1. The van der Waals surface area contributed by atoms with Crippen molar-refractivity contribution in [2.24, 2.45) is 0 Å². The molecule has 0 aliphatic heterocycles. The first-order chi connectivity index (χ1) is 13.6. The predicted octanol–water partition coefficient (Wildman–Crippen LogP) is 2.08. The molecule has 0 fully saturated rings. The van der Waals surface area contributed by atoms with Gasteiger partial charge in [-0.2, -0.15) is 0 Å². The summed E-state index contributed by atoms with van der Waals surface area (Å²) >= 11 is 0. The Morgan fingerprint density at radius 3 is 2.10 bits per heavy atom. The SMILES string of the molecule is C=C(C)C(=O)NC(C)(OC(O)Oc1ccc(C(=O)c2ccccc2)cc1)C(=O)O. The zero-order chi connectivity index (χ0) is 21.6. The minimum Gasteiger partial charge on any atom is -0.478 e.